The molecular formula is C17H29N3O. The number of benzene rings is 1. The predicted octanol–water partition coefficient (Wildman–Crippen LogP) is 2.20. The third-order valence-electron chi connectivity index (χ3n) is 4.49. The third-order valence-corrected chi connectivity index (χ3v) is 4.49. The summed E-state index contributed by atoms with van der Waals surface area (Å²) in [7, 11) is 2.17. The minimum atomic E-state index is 0.552. The number of hydrazine groups is 1. The molecule has 0 aliphatic carbocycles. The van der Waals surface area contributed by atoms with Crippen LogP contribution in [0.4, 0.5) is 0 Å². The van der Waals surface area contributed by atoms with Crippen molar-refractivity contribution < 1.29 is 4.74 Å². The summed E-state index contributed by atoms with van der Waals surface area (Å²) >= 11 is 0. The van der Waals surface area contributed by atoms with E-state index in [1.807, 2.05) is 18.2 Å². The Balaban J connectivity index is 1.66. The molecule has 1 aliphatic rings. The summed E-state index contributed by atoms with van der Waals surface area (Å²) in [6.45, 7) is 9.41. The van der Waals surface area contributed by atoms with Crippen molar-refractivity contribution in [1.82, 2.24) is 15.8 Å². The van der Waals surface area contributed by atoms with Crippen molar-refractivity contribution in [2.75, 3.05) is 26.7 Å². The summed E-state index contributed by atoms with van der Waals surface area (Å²) in [6, 6.07) is 9.29. The first-order valence-corrected chi connectivity index (χ1v) is 7.96. The van der Waals surface area contributed by atoms with Gasteiger partial charge in [0.1, 0.15) is 12.4 Å². The third kappa shape index (κ3) is 4.70. The summed E-state index contributed by atoms with van der Waals surface area (Å²) in [5.74, 6) is 1.70. The maximum absolute atomic E-state index is 5.86. The zero-order valence-corrected chi connectivity index (χ0v) is 13.7. The number of hydrogen-bond donors (Lipinski definition) is 2. The molecule has 1 aliphatic heterocycles. The minimum Gasteiger partial charge on any atom is -0.492 e. The average molecular weight is 291 g/mol. The number of para-hydroxylation sites is 1. The van der Waals surface area contributed by atoms with E-state index in [9.17, 15) is 0 Å². The van der Waals surface area contributed by atoms with E-state index in [4.69, 9.17) is 4.74 Å². The van der Waals surface area contributed by atoms with Crippen LogP contribution in [0, 0.1) is 12.8 Å². The lowest BCUT2D eigenvalue weighted by Crippen LogP contribution is -2.31. The second-order valence-corrected chi connectivity index (χ2v) is 6.24. The molecule has 21 heavy (non-hydrogen) atoms. The Labute approximate surface area is 128 Å². The van der Waals surface area contributed by atoms with Crippen molar-refractivity contribution in [3.05, 3.63) is 29.8 Å². The fourth-order valence-electron chi connectivity index (χ4n) is 2.92. The summed E-state index contributed by atoms with van der Waals surface area (Å²) in [4.78, 5) is 2.36. The lowest BCUT2D eigenvalue weighted by atomic mass is 9.93. The van der Waals surface area contributed by atoms with Gasteiger partial charge in [-0.2, -0.15) is 0 Å². The fourth-order valence-corrected chi connectivity index (χ4v) is 2.92. The van der Waals surface area contributed by atoms with Gasteiger partial charge >= 0.3 is 0 Å². The van der Waals surface area contributed by atoms with Gasteiger partial charge in [0, 0.05) is 18.6 Å². The van der Waals surface area contributed by atoms with Gasteiger partial charge < -0.3 is 9.64 Å². The normalized spacial score (nSPS) is 25.5. The molecule has 1 aromatic rings. The van der Waals surface area contributed by atoms with Gasteiger partial charge in [-0.1, -0.05) is 18.2 Å². The Morgan fingerprint density at radius 1 is 1.10 bits per heavy atom. The Bertz CT molecular complexity index is 428. The first-order valence-electron chi connectivity index (χ1n) is 7.96. The van der Waals surface area contributed by atoms with Crippen LogP contribution in [0.3, 0.4) is 0 Å². The van der Waals surface area contributed by atoms with Crippen LogP contribution in [0.15, 0.2) is 24.3 Å². The van der Waals surface area contributed by atoms with E-state index in [2.05, 4.69) is 49.6 Å². The zero-order valence-electron chi connectivity index (χ0n) is 13.7. The molecule has 0 saturated carbocycles. The standard InChI is InChI=1S/C17H29N3O/c1-13-7-5-6-8-17(13)21-12-11-20(4)10-9-16-14(2)18-19-15(16)3/h5-8,14-16,18-19H,9-12H2,1-4H3. The Hall–Kier alpha value is -1.10. The molecule has 1 aromatic carbocycles. The van der Waals surface area contributed by atoms with Crippen molar-refractivity contribution in [1.29, 1.82) is 0 Å². The van der Waals surface area contributed by atoms with E-state index < -0.39 is 0 Å². The average Bonchev–Trinajstić information content (AvgIpc) is 2.78. The van der Waals surface area contributed by atoms with E-state index in [0.29, 0.717) is 18.0 Å². The van der Waals surface area contributed by atoms with Crippen LogP contribution >= 0.6 is 0 Å². The molecular weight excluding hydrogens is 262 g/mol. The van der Waals surface area contributed by atoms with Gasteiger partial charge in [-0.3, -0.25) is 10.9 Å². The second-order valence-electron chi connectivity index (χ2n) is 6.24. The van der Waals surface area contributed by atoms with Crippen molar-refractivity contribution in [2.24, 2.45) is 5.92 Å². The Kier molecular flexibility index (Phi) is 6.03. The van der Waals surface area contributed by atoms with Crippen LogP contribution in [-0.4, -0.2) is 43.7 Å². The number of ether oxygens (including phenoxy) is 1. The SMILES string of the molecule is Cc1ccccc1OCCN(C)CCC1C(C)NNC1C. The molecule has 1 fully saturated rings. The number of nitrogens with zero attached hydrogens (tertiary/aromatic N) is 1. The van der Waals surface area contributed by atoms with Crippen LogP contribution in [-0.2, 0) is 0 Å². The number of aryl methyl sites for hydroxylation is 1. The molecule has 118 valence electrons. The topological polar surface area (TPSA) is 36.5 Å². The van der Waals surface area contributed by atoms with Crippen LogP contribution in [0.1, 0.15) is 25.8 Å². The molecule has 0 amide bonds. The van der Waals surface area contributed by atoms with E-state index >= 15 is 0 Å². The van der Waals surface area contributed by atoms with E-state index in [1.54, 1.807) is 0 Å². The molecule has 0 radical (unpaired) electrons. The highest BCUT2D eigenvalue weighted by molar-refractivity contribution is 5.31. The Morgan fingerprint density at radius 2 is 1.76 bits per heavy atom. The summed E-state index contributed by atoms with van der Waals surface area (Å²) in [5, 5.41) is 0. The summed E-state index contributed by atoms with van der Waals surface area (Å²) in [5.41, 5.74) is 7.84. The Morgan fingerprint density at radius 3 is 2.43 bits per heavy atom. The van der Waals surface area contributed by atoms with E-state index in [0.717, 1.165) is 25.4 Å². The van der Waals surface area contributed by atoms with Gasteiger partial charge in [0.2, 0.25) is 0 Å². The molecule has 0 bridgehead atoms. The van der Waals surface area contributed by atoms with Gasteiger partial charge in [0.05, 0.1) is 0 Å². The molecule has 2 atom stereocenters. The number of nitrogens with one attached hydrogen (secondary N) is 2. The number of rotatable bonds is 7. The smallest absolute Gasteiger partial charge is 0.122 e. The van der Waals surface area contributed by atoms with E-state index in [1.165, 1.54) is 12.0 Å². The monoisotopic (exact) mass is 291 g/mol. The van der Waals surface area contributed by atoms with Crippen LogP contribution < -0.4 is 15.6 Å². The highest BCUT2D eigenvalue weighted by Gasteiger charge is 2.29. The van der Waals surface area contributed by atoms with E-state index in [-0.39, 0.29) is 0 Å². The number of hydrogen-bond acceptors (Lipinski definition) is 4. The van der Waals surface area contributed by atoms with Crippen molar-refractivity contribution >= 4 is 0 Å². The molecule has 4 heteroatoms. The first kappa shape index (κ1) is 16.3. The summed E-state index contributed by atoms with van der Waals surface area (Å²) < 4.78 is 5.86. The molecule has 0 spiro atoms. The van der Waals surface area contributed by atoms with Crippen molar-refractivity contribution in [3.63, 3.8) is 0 Å². The van der Waals surface area contributed by atoms with Crippen LogP contribution in [0.5, 0.6) is 5.75 Å². The maximum atomic E-state index is 5.86. The van der Waals surface area contributed by atoms with Gasteiger partial charge in [0.25, 0.3) is 0 Å². The lowest BCUT2D eigenvalue weighted by Gasteiger charge is -2.22. The quantitative estimate of drug-likeness (QED) is 0.807. The minimum absolute atomic E-state index is 0.552. The number of likely N-dealkylation sites (N-methyl/N-ethyl adjacent to an activating group) is 1. The van der Waals surface area contributed by atoms with Crippen molar-refractivity contribution in [2.45, 2.75) is 39.3 Å². The first-order chi connectivity index (χ1) is 10.1. The predicted molar refractivity (Wildman–Crippen MR) is 87.5 cm³/mol. The second kappa shape index (κ2) is 7.78. The van der Waals surface area contributed by atoms with Crippen LogP contribution in [0.25, 0.3) is 0 Å². The van der Waals surface area contributed by atoms with Gasteiger partial charge in [-0.15, -0.1) is 0 Å². The summed E-state index contributed by atoms with van der Waals surface area (Å²) in [6.07, 6.45) is 1.21. The molecule has 2 unspecified atom stereocenters. The largest absolute Gasteiger partial charge is 0.492 e. The van der Waals surface area contributed by atoms with Gasteiger partial charge in [-0.05, 0) is 58.3 Å². The lowest BCUT2D eigenvalue weighted by molar-refractivity contribution is 0.222. The highest BCUT2D eigenvalue weighted by Crippen LogP contribution is 2.19. The molecule has 0 aromatic heterocycles. The fraction of sp³-hybridized carbons (Fsp3) is 0.647. The van der Waals surface area contributed by atoms with Gasteiger partial charge in [-0.25, -0.2) is 0 Å². The van der Waals surface area contributed by atoms with Crippen LogP contribution in [0.2, 0.25) is 0 Å². The molecule has 1 saturated heterocycles. The molecule has 1 heterocycles. The zero-order chi connectivity index (χ0) is 15.2. The van der Waals surface area contributed by atoms with Gasteiger partial charge in [0.15, 0.2) is 0 Å². The molecule has 2 rings (SSSR count). The maximum Gasteiger partial charge on any atom is 0.122 e. The molecule has 2 N–H and O–H groups in total. The highest BCUT2D eigenvalue weighted by atomic mass is 16.5. The molecule has 4 nitrogen and oxygen atoms in total. The van der Waals surface area contributed by atoms with Crippen molar-refractivity contribution in [3.8, 4) is 5.75 Å².